The minimum atomic E-state index is -1.53. The highest BCUT2D eigenvalue weighted by Crippen LogP contribution is 2.25. The van der Waals surface area contributed by atoms with Crippen molar-refractivity contribution in [1.29, 1.82) is 0 Å². The van der Waals surface area contributed by atoms with Crippen molar-refractivity contribution >= 4 is 18.0 Å². The molecule has 0 saturated carbocycles. The van der Waals surface area contributed by atoms with Gasteiger partial charge in [0, 0.05) is 17.7 Å². The molecule has 0 aliphatic carbocycles. The molecular formula is C17H18O9. The van der Waals surface area contributed by atoms with Gasteiger partial charge in [-0.1, -0.05) is 0 Å². The fourth-order valence-corrected chi connectivity index (χ4v) is 2.14. The van der Waals surface area contributed by atoms with Gasteiger partial charge < -0.3 is 34.3 Å². The zero-order chi connectivity index (χ0) is 19.3. The third-order valence-corrected chi connectivity index (χ3v) is 3.52. The Balaban J connectivity index is 1.93. The van der Waals surface area contributed by atoms with Crippen LogP contribution in [0.15, 0.2) is 35.8 Å². The first-order chi connectivity index (χ1) is 12.4. The van der Waals surface area contributed by atoms with Gasteiger partial charge in [0.05, 0.1) is 14.2 Å². The summed E-state index contributed by atoms with van der Waals surface area (Å²) in [6.07, 6.45) is -0.450. The molecule has 9 heteroatoms. The fraction of sp³-hybridized carbons (Fsp3) is 0.294. The van der Waals surface area contributed by atoms with Crippen LogP contribution in [0.2, 0.25) is 0 Å². The highest BCUT2D eigenvalue weighted by Gasteiger charge is 2.39. The molecule has 0 unspecified atom stereocenters. The monoisotopic (exact) mass is 366 g/mol. The van der Waals surface area contributed by atoms with Gasteiger partial charge in [0.15, 0.2) is 11.9 Å². The van der Waals surface area contributed by atoms with Crippen molar-refractivity contribution in [2.45, 2.75) is 12.2 Å². The van der Waals surface area contributed by atoms with E-state index in [0.717, 1.165) is 6.08 Å². The second-order valence-corrected chi connectivity index (χ2v) is 5.20. The molecule has 0 saturated heterocycles. The lowest BCUT2D eigenvalue weighted by molar-refractivity contribution is -0.151. The lowest BCUT2D eigenvalue weighted by Gasteiger charge is -2.16. The Labute approximate surface area is 148 Å². The summed E-state index contributed by atoms with van der Waals surface area (Å²) in [6, 6.07) is 5.01. The van der Waals surface area contributed by atoms with Crippen LogP contribution in [0.3, 0.4) is 0 Å². The van der Waals surface area contributed by atoms with Crippen molar-refractivity contribution in [3.8, 4) is 11.5 Å². The molecule has 140 valence electrons. The van der Waals surface area contributed by atoms with Crippen LogP contribution in [0.25, 0.3) is 6.08 Å². The zero-order valence-corrected chi connectivity index (χ0v) is 14.0. The number of ether oxygens (including phenoxy) is 4. The molecule has 2 atom stereocenters. The van der Waals surface area contributed by atoms with E-state index in [9.17, 15) is 19.8 Å². The van der Waals surface area contributed by atoms with E-state index < -0.39 is 42.3 Å². The average Bonchev–Trinajstić information content (AvgIpc) is 2.91. The first-order valence-electron chi connectivity index (χ1n) is 7.45. The number of benzene rings is 1. The van der Waals surface area contributed by atoms with Crippen LogP contribution in [-0.4, -0.2) is 60.3 Å². The number of hydrogen-bond donors (Lipinski definition) is 3. The van der Waals surface area contributed by atoms with Gasteiger partial charge in [-0.2, -0.15) is 0 Å². The number of carbonyl (C=O) groups excluding carboxylic acids is 2. The largest absolute Gasteiger partial charge is 0.505 e. The Morgan fingerprint density at radius 3 is 2.62 bits per heavy atom. The summed E-state index contributed by atoms with van der Waals surface area (Å²) in [5, 5.41) is 28.4. The van der Waals surface area contributed by atoms with Gasteiger partial charge in [-0.25, -0.2) is 9.59 Å². The second-order valence-electron chi connectivity index (χ2n) is 5.20. The summed E-state index contributed by atoms with van der Waals surface area (Å²) < 4.78 is 19.7. The highest BCUT2D eigenvalue weighted by molar-refractivity contribution is 5.89. The van der Waals surface area contributed by atoms with Crippen LogP contribution < -0.4 is 9.47 Å². The molecule has 1 aliphatic rings. The number of carbonyl (C=O) groups is 2. The Morgan fingerprint density at radius 1 is 1.31 bits per heavy atom. The number of esters is 2. The summed E-state index contributed by atoms with van der Waals surface area (Å²) in [4.78, 5) is 22.8. The summed E-state index contributed by atoms with van der Waals surface area (Å²) in [5.74, 6) is -2.66. The fourth-order valence-electron chi connectivity index (χ4n) is 2.14. The summed E-state index contributed by atoms with van der Waals surface area (Å²) in [7, 11) is 2.99. The molecule has 0 spiro atoms. The van der Waals surface area contributed by atoms with Crippen LogP contribution in [0, 0.1) is 0 Å². The lowest BCUT2D eigenvalue weighted by Crippen LogP contribution is -2.33. The third kappa shape index (κ3) is 4.25. The van der Waals surface area contributed by atoms with Gasteiger partial charge in [0.25, 0.3) is 0 Å². The number of aliphatic hydroxyl groups is 3. The molecule has 0 fully saturated rings. The van der Waals surface area contributed by atoms with Crippen LogP contribution in [0.5, 0.6) is 11.5 Å². The van der Waals surface area contributed by atoms with Crippen molar-refractivity contribution in [1.82, 2.24) is 0 Å². The van der Waals surface area contributed by atoms with Gasteiger partial charge in [0.1, 0.15) is 24.2 Å². The molecule has 0 bridgehead atoms. The molecule has 0 amide bonds. The van der Waals surface area contributed by atoms with Crippen molar-refractivity contribution in [3.05, 3.63) is 41.4 Å². The standard InChI is InChI=1S/C17H18O9/c1-23-10-5-3-9(12(7-10)24-2)4-6-13(19)25-8-11(18)16-14(20)15(21)17(22)26-16/h3-7,11,16,18,20-21H,8H2,1-2H3/t11-,16+/m0/s1. The van der Waals surface area contributed by atoms with Crippen molar-refractivity contribution in [2.75, 3.05) is 20.8 Å². The molecule has 1 heterocycles. The Bertz CT molecular complexity index is 751. The second kappa shape index (κ2) is 8.26. The maximum Gasteiger partial charge on any atom is 0.377 e. The smallest absolute Gasteiger partial charge is 0.377 e. The molecular weight excluding hydrogens is 348 g/mol. The Morgan fingerprint density at radius 2 is 2.04 bits per heavy atom. The number of methoxy groups -OCH3 is 2. The zero-order valence-electron chi connectivity index (χ0n) is 14.0. The summed E-state index contributed by atoms with van der Waals surface area (Å²) in [5.41, 5.74) is 0.598. The SMILES string of the molecule is COc1ccc(C=CC(=O)OC[C@H](O)[C@H]2OC(=O)C(O)=C2O)c(OC)c1. The van der Waals surface area contributed by atoms with Crippen molar-refractivity contribution in [2.24, 2.45) is 0 Å². The van der Waals surface area contributed by atoms with Crippen LogP contribution in [0.4, 0.5) is 0 Å². The van der Waals surface area contributed by atoms with E-state index in [2.05, 4.69) is 4.74 Å². The van der Waals surface area contributed by atoms with Crippen molar-refractivity contribution in [3.63, 3.8) is 0 Å². The quantitative estimate of drug-likeness (QED) is 0.475. The van der Waals surface area contributed by atoms with E-state index in [4.69, 9.17) is 19.3 Å². The van der Waals surface area contributed by atoms with Crippen LogP contribution in [-0.2, 0) is 19.1 Å². The number of cyclic esters (lactones) is 1. The normalized spacial score (nSPS) is 18.0. The highest BCUT2D eigenvalue weighted by atomic mass is 16.6. The number of aliphatic hydroxyl groups excluding tert-OH is 3. The molecule has 0 aromatic heterocycles. The molecule has 1 aromatic rings. The topological polar surface area (TPSA) is 132 Å². The van der Waals surface area contributed by atoms with Crippen LogP contribution >= 0.6 is 0 Å². The Hall–Kier alpha value is -3.20. The van der Waals surface area contributed by atoms with E-state index in [1.807, 2.05) is 0 Å². The molecule has 0 radical (unpaired) electrons. The Kier molecular flexibility index (Phi) is 6.07. The van der Waals surface area contributed by atoms with E-state index >= 15 is 0 Å². The predicted molar refractivity (Wildman–Crippen MR) is 87.7 cm³/mol. The first kappa shape index (κ1) is 19.1. The van der Waals surface area contributed by atoms with E-state index in [1.165, 1.54) is 20.3 Å². The number of rotatable bonds is 7. The molecule has 2 rings (SSSR count). The minimum absolute atomic E-state index is 0.483. The van der Waals surface area contributed by atoms with Gasteiger partial charge >= 0.3 is 11.9 Å². The van der Waals surface area contributed by atoms with Gasteiger partial charge in [-0.15, -0.1) is 0 Å². The molecule has 1 aromatic carbocycles. The van der Waals surface area contributed by atoms with Gasteiger partial charge in [-0.3, -0.25) is 0 Å². The maximum atomic E-state index is 11.8. The molecule has 9 nitrogen and oxygen atoms in total. The lowest BCUT2D eigenvalue weighted by atomic mass is 10.1. The minimum Gasteiger partial charge on any atom is -0.505 e. The molecule has 26 heavy (non-hydrogen) atoms. The third-order valence-electron chi connectivity index (χ3n) is 3.52. The summed E-state index contributed by atoms with van der Waals surface area (Å²) in [6.45, 7) is -0.557. The first-order valence-corrected chi connectivity index (χ1v) is 7.45. The van der Waals surface area contributed by atoms with Gasteiger partial charge in [0.2, 0.25) is 5.76 Å². The van der Waals surface area contributed by atoms with E-state index in [0.29, 0.717) is 17.1 Å². The molecule has 3 N–H and O–H groups in total. The summed E-state index contributed by atoms with van der Waals surface area (Å²) >= 11 is 0. The predicted octanol–water partition coefficient (Wildman–Crippen LogP) is 0.874. The van der Waals surface area contributed by atoms with Gasteiger partial charge in [-0.05, 0) is 18.2 Å². The maximum absolute atomic E-state index is 11.8. The number of hydrogen-bond acceptors (Lipinski definition) is 9. The molecule has 1 aliphatic heterocycles. The van der Waals surface area contributed by atoms with Crippen LogP contribution in [0.1, 0.15) is 5.56 Å². The van der Waals surface area contributed by atoms with E-state index in [-0.39, 0.29) is 0 Å². The average molecular weight is 366 g/mol. The van der Waals surface area contributed by atoms with Crippen molar-refractivity contribution < 1.29 is 43.9 Å². The van der Waals surface area contributed by atoms with E-state index in [1.54, 1.807) is 18.2 Å².